The highest BCUT2D eigenvalue weighted by Crippen LogP contribution is 2.39. The van der Waals surface area contributed by atoms with E-state index in [0.29, 0.717) is 11.6 Å². The molecule has 1 aliphatic rings. The van der Waals surface area contributed by atoms with Crippen LogP contribution in [0.25, 0.3) is 10.9 Å². The number of hydrogen-bond donors (Lipinski definition) is 0. The summed E-state index contributed by atoms with van der Waals surface area (Å²) in [6.07, 6.45) is 2.00. The van der Waals surface area contributed by atoms with Crippen LogP contribution in [0.4, 0.5) is 0 Å². The summed E-state index contributed by atoms with van der Waals surface area (Å²) < 4.78 is 10.7. The van der Waals surface area contributed by atoms with Gasteiger partial charge >= 0.3 is 5.91 Å². The van der Waals surface area contributed by atoms with Crippen molar-refractivity contribution >= 4 is 45.5 Å². The number of methoxy groups -OCH3 is 1. The molecule has 1 unspecified atom stereocenters. The van der Waals surface area contributed by atoms with Crippen molar-refractivity contribution < 1.29 is 13.9 Å². The number of furan rings is 1. The number of benzene rings is 1. The Morgan fingerprint density at radius 1 is 1.27 bits per heavy atom. The fourth-order valence-corrected chi connectivity index (χ4v) is 4.55. The maximum Gasteiger partial charge on any atom is 0.310 e. The van der Waals surface area contributed by atoms with Gasteiger partial charge in [0.2, 0.25) is 0 Å². The number of aromatic nitrogens is 1. The summed E-state index contributed by atoms with van der Waals surface area (Å²) in [6.45, 7) is 0. The second kappa shape index (κ2) is 7.59. The van der Waals surface area contributed by atoms with E-state index in [9.17, 15) is 4.79 Å². The molecule has 30 heavy (non-hydrogen) atoms. The predicted octanol–water partition coefficient (Wildman–Crippen LogP) is 5.54. The molecular formula is C22H16ClN3O3S. The molecule has 4 aromatic rings. The SMILES string of the molecule is COc1ccc2nc(Cl)c(C3CC(c4cccs4)=NN3C(=O)c3ccco3)cc2c1. The van der Waals surface area contributed by atoms with Gasteiger partial charge in [-0.15, -0.1) is 11.3 Å². The molecule has 1 amide bonds. The molecule has 0 N–H and O–H groups in total. The van der Waals surface area contributed by atoms with Crippen LogP contribution < -0.4 is 4.74 Å². The Morgan fingerprint density at radius 2 is 2.17 bits per heavy atom. The van der Waals surface area contributed by atoms with Crippen LogP contribution in [0.5, 0.6) is 5.75 Å². The lowest BCUT2D eigenvalue weighted by Gasteiger charge is -2.22. The Morgan fingerprint density at radius 3 is 2.90 bits per heavy atom. The molecule has 0 fully saturated rings. The highest BCUT2D eigenvalue weighted by molar-refractivity contribution is 7.12. The highest BCUT2D eigenvalue weighted by atomic mass is 35.5. The maximum absolute atomic E-state index is 13.1. The number of thiophene rings is 1. The fourth-order valence-electron chi connectivity index (χ4n) is 3.55. The van der Waals surface area contributed by atoms with Gasteiger partial charge in [-0.3, -0.25) is 4.79 Å². The minimum Gasteiger partial charge on any atom is -0.497 e. The van der Waals surface area contributed by atoms with Gasteiger partial charge in [-0.25, -0.2) is 9.99 Å². The van der Waals surface area contributed by atoms with Gasteiger partial charge in [0.05, 0.1) is 35.5 Å². The van der Waals surface area contributed by atoms with E-state index in [1.165, 1.54) is 11.3 Å². The minimum atomic E-state index is -0.393. The highest BCUT2D eigenvalue weighted by Gasteiger charge is 2.36. The number of rotatable bonds is 4. The van der Waals surface area contributed by atoms with Crippen molar-refractivity contribution in [3.8, 4) is 5.75 Å². The quantitative estimate of drug-likeness (QED) is 0.393. The average molecular weight is 438 g/mol. The largest absolute Gasteiger partial charge is 0.497 e. The van der Waals surface area contributed by atoms with Gasteiger partial charge in [-0.2, -0.15) is 5.10 Å². The van der Waals surface area contributed by atoms with Gasteiger partial charge in [0.1, 0.15) is 10.9 Å². The lowest BCUT2D eigenvalue weighted by Crippen LogP contribution is -2.27. The van der Waals surface area contributed by atoms with Gasteiger partial charge in [0, 0.05) is 17.4 Å². The van der Waals surface area contributed by atoms with E-state index in [1.54, 1.807) is 30.6 Å². The average Bonchev–Trinajstić information content (AvgIpc) is 3.53. The molecule has 0 saturated carbocycles. The molecule has 0 saturated heterocycles. The smallest absolute Gasteiger partial charge is 0.310 e. The predicted molar refractivity (Wildman–Crippen MR) is 116 cm³/mol. The monoisotopic (exact) mass is 437 g/mol. The van der Waals surface area contributed by atoms with E-state index in [4.69, 9.17) is 20.8 Å². The molecule has 6 nitrogen and oxygen atoms in total. The van der Waals surface area contributed by atoms with Crippen LogP contribution in [0.1, 0.15) is 33.5 Å². The summed E-state index contributed by atoms with van der Waals surface area (Å²) >= 11 is 8.16. The van der Waals surface area contributed by atoms with Gasteiger partial charge in [-0.05, 0) is 47.8 Å². The third kappa shape index (κ3) is 3.26. The third-order valence-electron chi connectivity index (χ3n) is 5.02. The van der Waals surface area contributed by atoms with Gasteiger partial charge in [-0.1, -0.05) is 17.7 Å². The lowest BCUT2D eigenvalue weighted by molar-refractivity contribution is 0.0678. The molecule has 0 bridgehead atoms. The number of nitrogens with zero attached hydrogens (tertiary/aromatic N) is 3. The molecule has 1 aromatic carbocycles. The van der Waals surface area contributed by atoms with Crippen molar-refractivity contribution in [3.63, 3.8) is 0 Å². The van der Waals surface area contributed by atoms with Crippen LogP contribution in [-0.4, -0.2) is 28.7 Å². The molecule has 1 atom stereocenters. The Hall–Kier alpha value is -3.16. The first-order valence-electron chi connectivity index (χ1n) is 9.26. The summed E-state index contributed by atoms with van der Waals surface area (Å²) in [5.41, 5.74) is 2.32. The standard InChI is InChI=1S/C22H16ClN3O3S/c1-28-14-6-7-16-13(10-14)11-15(21(23)24-16)18-12-17(20-5-3-9-30-20)25-26(18)22(27)19-4-2-8-29-19/h2-11,18H,12H2,1H3. The second-order valence-electron chi connectivity index (χ2n) is 6.80. The Balaban J connectivity index is 1.60. The number of halogens is 1. The Bertz CT molecular complexity index is 1250. The van der Waals surface area contributed by atoms with Crippen molar-refractivity contribution in [3.05, 3.63) is 81.5 Å². The Kier molecular flexibility index (Phi) is 4.77. The normalized spacial score (nSPS) is 16.1. The van der Waals surface area contributed by atoms with Crippen LogP contribution >= 0.6 is 22.9 Å². The zero-order chi connectivity index (χ0) is 20.7. The number of amides is 1. The van der Waals surface area contributed by atoms with E-state index in [0.717, 1.165) is 32.8 Å². The first kappa shape index (κ1) is 18.8. The molecule has 0 radical (unpaired) electrons. The van der Waals surface area contributed by atoms with Crippen LogP contribution in [-0.2, 0) is 0 Å². The van der Waals surface area contributed by atoms with Crippen LogP contribution in [0, 0.1) is 0 Å². The molecule has 1 aliphatic heterocycles. The van der Waals surface area contributed by atoms with E-state index in [1.807, 2.05) is 41.8 Å². The third-order valence-corrected chi connectivity index (χ3v) is 6.24. The molecule has 150 valence electrons. The first-order valence-corrected chi connectivity index (χ1v) is 10.5. The van der Waals surface area contributed by atoms with Crippen LogP contribution in [0.2, 0.25) is 5.15 Å². The topological polar surface area (TPSA) is 67.9 Å². The van der Waals surface area contributed by atoms with Crippen molar-refractivity contribution in [2.45, 2.75) is 12.5 Å². The minimum absolute atomic E-state index is 0.225. The molecule has 4 heterocycles. The first-order chi connectivity index (χ1) is 14.6. The molecule has 0 aliphatic carbocycles. The van der Waals surface area contributed by atoms with Gasteiger partial charge in [0.25, 0.3) is 0 Å². The van der Waals surface area contributed by atoms with E-state index < -0.39 is 6.04 Å². The molecule has 0 spiro atoms. The van der Waals surface area contributed by atoms with Crippen molar-refractivity contribution in [1.82, 2.24) is 9.99 Å². The van der Waals surface area contributed by atoms with Crippen LogP contribution in [0.15, 0.2) is 69.7 Å². The number of hydrazone groups is 1. The van der Waals surface area contributed by atoms with Crippen molar-refractivity contribution in [2.24, 2.45) is 5.10 Å². The Labute approximate surface area is 181 Å². The number of fused-ring (bicyclic) bond motifs is 1. The zero-order valence-corrected chi connectivity index (χ0v) is 17.5. The second-order valence-corrected chi connectivity index (χ2v) is 8.10. The fraction of sp³-hybridized carbons (Fsp3) is 0.136. The number of carbonyl (C=O) groups is 1. The number of hydrogen-bond acceptors (Lipinski definition) is 6. The number of ether oxygens (including phenoxy) is 1. The van der Waals surface area contributed by atoms with Crippen LogP contribution in [0.3, 0.4) is 0 Å². The van der Waals surface area contributed by atoms with Gasteiger partial charge < -0.3 is 9.15 Å². The summed E-state index contributed by atoms with van der Waals surface area (Å²) in [4.78, 5) is 18.7. The van der Waals surface area contributed by atoms with E-state index in [2.05, 4.69) is 10.1 Å². The van der Waals surface area contributed by atoms with Crippen molar-refractivity contribution in [2.75, 3.05) is 7.11 Å². The maximum atomic E-state index is 13.1. The van der Waals surface area contributed by atoms with Crippen molar-refractivity contribution in [1.29, 1.82) is 0 Å². The number of carbonyl (C=O) groups excluding carboxylic acids is 1. The van der Waals surface area contributed by atoms with Gasteiger partial charge in [0.15, 0.2) is 5.76 Å². The zero-order valence-electron chi connectivity index (χ0n) is 15.9. The summed E-state index contributed by atoms with van der Waals surface area (Å²) in [6, 6.07) is 14.4. The molecular weight excluding hydrogens is 422 g/mol. The number of pyridine rings is 1. The molecule has 3 aromatic heterocycles. The van der Waals surface area contributed by atoms with E-state index in [-0.39, 0.29) is 11.7 Å². The molecule has 5 rings (SSSR count). The summed E-state index contributed by atoms with van der Waals surface area (Å²) in [5, 5.41) is 9.30. The molecule has 8 heteroatoms. The van der Waals surface area contributed by atoms with E-state index >= 15 is 0 Å². The lowest BCUT2D eigenvalue weighted by atomic mass is 10.0. The summed E-state index contributed by atoms with van der Waals surface area (Å²) in [7, 11) is 1.62. The summed E-state index contributed by atoms with van der Waals surface area (Å²) in [5.74, 6) is 0.629.